The fraction of sp³-hybridized carbons (Fsp3) is 0.250. The van der Waals surface area contributed by atoms with Gasteiger partial charge in [0.2, 0.25) is 0 Å². The van der Waals surface area contributed by atoms with Gasteiger partial charge >= 0.3 is 0 Å². The lowest BCUT2D eigenvalue weighted by molar-refractivity contribution is 0.159. The van der Waals surface area contributed by atoms with E-state index in [1.54, 1.807) is 43.3 Å². The number of hydrogen-bond donors (Lipinski definition) is 1. The molecule has 28 heavy (non-hydrogen) atoms. The van der Waals surface area contributed by atoms with Gasteiger partial charge < -0.3 is 19.6 Å². The lowest BCUT2D eigenvalue weighted by Crippen LogP contribution is -2.14. The van der Waals surface area contributed by atoms with Crippen molar-refractivity contribution in [3.05, 3.63) is 64.7 Å². The molecule has 0 aromatic heterocycles. The van der Waals surface area contributed by atoms with Crippen LogP contribution in [-0.2, 0) is 9.68 Å². The van der Waals surface area contributed by atoms with Crippen LogP contribution in [0.1, 0.15) is 25.0 Å². The number of rotatable bonds is 9. The highest BCUT2D eigenvalue weighted by atomic mass is 35.5. The van der Waals surface area contributed by atoms with Crippen molar-refractivity contribution in [2.75, 3.05) is 20.3 Å². The number of halogens is 1. The molecule has 8 heteroatoms. The van der Waals surface area contributed by atoms with E-state index >= 15 is 0 Å². The molecule has 0 unspecified atom stereocenters. The average Bonchev–Trinajstić information content (AvgIpc) is 2.72. The largest absolute Gasteiger partial charge is 0.487 e. The summed E-state index contributed by atoms with van der Waals surface area (Å²) in [5.41, 5.74) is 3.01. The smallest absolute Gasteiger partial charge is 0.134 e. The van der Waals surface area contributed by atoms with Gasteiger partial charge in [-0.15, -0.1) is 0 Å². The van der Waals surface area contributed by atoms with Gasteiger partial charge in [0.05, 0.1) is 0 Å². The number of hydrogen-bond acceptors (Lipinski definition) is 7. The highest BCUT2D eigenvalue weighted by molar-refractivity contribution is 6.47. The zero-order chi connectivity index (χ0) is 20.4. The Morgan fingerprint density at radius 2 is 1.64 bits per heavy atom. The summed E-state index contributed by atoms with van der Waals surface area (Å²) in [6.07, 6.45) is 0. The van der Waals surface area contributed by atoms with Crippen LogP contribution in [-0.4, -0.2) is 42.7 Å². The van der Waals surface area contributed by atoms with Gasteiger partial charge in [0, 0.05) is 16.1 Å². The first-order valence-corrected chi connectivity index (χ1v) is 8.95. The first-order chi connectivity index (χ1) is 13.6. The third kappa shape index (κ3) is 5.99. The van der Waals surface area contributed by atoms with Crippen molar-refractivity contribution in [3.8, 4) is 5.75 Å². The second kappa shape index (κ2) is 10.9. The summed E-state index contributed by atoms with van der Waals surface area (Å²) in [5.74, 6) is 0.635. The quantitative estimate of drug-likeness (QED) is 0.383. The molecule has 0 saturated carbocycles. The zero-order valence-corrected chi connectivity index (χ0v) is 16.7. The van der Waals surface area contributed by atoms with Gasteiger partial charge in [0.15, 0.2) is 0 Å². The molecule has 7 nitrogen and oxygen atoms in total. The molecule has 0 radical (unpaired) electrons. The van der Waals surface area contributed by atoms with Crippen molar-refractivity contribution in [1.29, 1.82) is 0 Å². The van der Waals surface area contributed by atoms with E-state index < -0.39 is 0 Å². The Kier molecular flexibility index (Phi) is 8.30. The van der Waals surface area contributed by atoms with Crippen molar-refractivity contribution in [2.24, 2.45) is 15.5 Å². The molecule has 0 heterocycles. The number of benzene rings is 2. The summed E-state index contributed by atoms with van der Waals surface area (Å²) in [4.78, 5) is 10.0. The fourth-order valence-corrected chi connectivity index (χ4v) is 2.41. The Balaban J connectivity index is 2.12. The van der Waals surface area contributed by atoms with Crippen LogP contribution in [0.5, 0.6) is 5.75 Å². The molecule has 0 fully saturated rings. The molecule has 0 saturated heterocycles. The highest BCUT2D eigenvalue weighted by Gasteiger charge is 2.11. The van der Waals surface area contributed by atoms with E-state index in [9.17, 15) is 0 Å². The maximum absolute atomic E-state index is 9.04. The molecule has 2 aromatic rings. The Hall–Kier alpha value is -3.06. The van der Waals surface area contributed by atoms with Gasteiger partial charge in [0.1, 0.15) is 43.2 Å². The van der Waals surface area contributed by atoms with Crippen molar-refractivity contribution >= 4 is 28.7 Å². The summed E-state index contributed by atoms with van der Waals surface area (Å²) < 4.78 is 5.81. The van der Waals surface area contributed by atoms with Gasteiger partial charge in [-0.1, -0.05) is 39.2 Å². The molecule has 0 amide bonds. The Morgan fingerprint density at radius 3 is 2.21 bits per heavy atom. The lowest BCUT2D eigenvalue weighted by atomic mass is 10.1. The number of nitrogens with zero attached hydrogens (tertiary/aromatic N) is 3. The number of oxime groups is 3. The van der Waals surface area contributed by atoms with E-state index in [0.717, 1.165) is 11.1 Å². The second-order valence-corrected chi connectivity index (χ2v) is 6.02. The minimum absolute atomic E-state index is 0.214. The molecule has 0 aliphatic rings. The van der Waals surface area contributed by atoms with Gasteiger partial charge in [0.25, 0.3) is 0 Å². The maximum atomic E-state index is 9.04. The van der Waals surface area contributed by atoms with Gasteiger partial charge in [-0.3, -0.25) is 0 Å². The van der Waals surface area contributed by atoms with E-state index in [-0.39, 0.29) is 6.61 Å². The Morgan fingerprint density at radius 1 is 1.00 bits per heavy atom. The van der Waals surface area contributed by atoms with Crippen molar-refractivity contribution in [3.63, 3.8) is 0 Å². The molecule has 0 atom stereocenters. The van der Waals surface area contributed by atoms with Gasteiger partial charge in [-0.05, 0) is 50.2 Å². The van der Waals surface area contributed by atoms with Crippen LogP contribution in [0, 0.1) is 0 Å². The van der Waals surface area contributed by atoms with E-state index in [1.807, 2.05) is 19.1 Å². The Bertz CT molecular complexity index is 847. The predicted molar refractivity (Wildman–Crippen MR) is 110 cm³/mol. The molecule has 0 bridgehead atoms. The van der Waals surface area contributed by atoms with Crippen molar-refractivity contribution < 1.29 is 19.6 Å². The SMILES string of the molecule is CCON=C(C(C)=NO)c1ccc(OCC(=NOC)c2ccc(Cl)cc2)cc1. The van der Waals surface area contributed by atoms with E-state index in [4.69, 9.17) is 31.2 Å². The normalized spacial score (nSPS) is 12.6. The molecule has 0 spiro atoms. The molecule has 2 aromatic carbocycles. The molecule has 148 valence electrons. The first-order valence-electron chi connectivity index (χ1n) is 8.57. The zero-order valence-electron chi connectivity index (χ0n) is 15.9. The summed E-state index contributed by atoms with van der Waals surface area (Å²) >= 11 is 5.93. The van der Waals surface area contributed by atoms with Gasteiger partial charge in [-0.25, -0.2) is 0 Å². The summed E-state index contributed by atoms with van der Waals surface area (Å²) in [7, 11) is 1.48. The monoisotopic (exact) mass is 403 g/mol. The van der Waals surface area contributed by atoms with Crippen LogP contribution in [0.25, 0.3) is 0 Å². The Labute approximate surface area is 168 Å². The predicted octanol–water partition coefficient (Wildman–Crippen LogP) is 4.36. The van der Waals surface area contributed by atoms with E-state index in [2.05, 4.69) is 15.5 Å². The van der Waals surface area contributed by atoms with Crippen LogP contribution in [0.3, 0.4) is 0 Å². The van der Waals surface area contributed by atoms with Gasteiger partial charge in [-0.2, -0.15) is 0 Å². The molecule has 0 aliphatic carbocycles. The van der Waals surface area contributed by atoms with Crippen molar-refractivity contribution in [1.82, 2.24) is 0 Å². The van der Waals surface area contributed by atoms with E-state index in [0.29, 0.717) is 34.5 Å². The highest BCUT2D eigenvalue weighted by Crippen LogP contribution is 2.16. The van der Waals surface area contributed by atoms with Crippen LogP contribution in [0.4, 0.5) is 0 Å². The molecule has 1 N–H and O–H groups in total. The fourth-order valence-electron chi connectivity index (χ4n) is 2.28. The summed E-state index contributed by atoms with van der Waals surface area (Å²) in [5, 5.41) is 20.9. The maximum Gasteiger partial charge on any atom is 0.134 e. The molecular weight excluding hydrogens is 382 g/mol. The standard InChI is InChI=1S/C20H22ClN3O4/c1-4-28-24-20(14(2)22-25)16-7-11-18(12-8-16)27-13-19(23-26-3)15-5-9-17(21)10-6-15/h5-12,25H,4,13H2,1-3H3. The van der Waals surface area contributed by atoms with Crippen molar-refractivity contribution in [2.45, 2.75) is 13.8 Å². The minimum atomic E-state index is 0.214. The lowest BCUT2D eigenvalue weighted by Gasteiger charge is -2.10. The van der Waals surface area contributed by atoms with Crippen LogP contribution in [0.2, 0.25) is 5.02 Å². The number of ether oxygens (including phenoxy) is 1. The average molecular weight is 404 g/mol. The second-order valence-electron chi connectivity index (χ2n) is 5.58. The molecule has 2 rings (SSSR count). The third-order valence-corrected chi connectivity index (χ3v) is 3.91. The van der Waals surface area contributed by atoms with Crippen LogP contribution in [0.15, 0.2) is 64.0 Å². The first kappa shape index (κ1) is 21.2. The molecule has 0 aliphatic heterocycles. The summed E-state index contributed by atoms with van der Waals surface area (Å²) in [6, 6.07) is 14.4. The third-order valence-electron chi connectivity index (χ3n) is 3.66. The van der Waals surface area contributed by atoms with E-state index in [1.165, 1.54) is 7.11 Å². The molecular formula is C20H22ClN3O4. The summed E-state index contributed by atoms with van der Waals surface area (Å²) in [6.45, 7) is 4.09. The van der Waals surface area contributed by atoms with Crippen LogP contribution >= 0.6 is 11.6 Å². The van der Waals surface area contributed by atoms with Crippen LogP contribution < -0.4 is 4.74 Å². The topological polar surface area (TPSA) is 85.0 Å². The minimum Gasteiger partial charge on any atom is -0.487 e.